The standard InChI is InChI=1S/C11H13BrN4O3/c1-19-6-5-15(4-2-3-13)11-10(16(17)18)7-9(12)8-14-11/h7-8H,2,4-6H2,1H3. The maximum absolute atomic E-state index is 11.0. The Labute approximate surface area is 119 Å². The second-order valence-corrected chi connectivity index (χ2v) is 4.56. The number of hydrogen-bond donors (Lipinski definition) is 0. The van der Waals surface area contributed by atoms with Gasteiger partial charge in [-0.15, -0.1) is 0 Å². The van der Waals surface area contributed by atoms with Crippen molar-refractivity contribution in [3.05, 3.63) is 26.9 Å². The summed E-state index contributed by atoms with van der Waals surface area (Å²) in [6.45, 7) is 1.21. The number of ether oxygens (including phenoxy) is 1. The van der Waals surface area contributed by atoms with E-state index in [1.807, 2.05) is 6.07 Å². The third kappa shape index (κ3) is 4.46. The van der Waals surface area contributed by atoms with E-state index in [0.29, 0.717) is 24.2 Å². The Morgan fingerprint density at radius 2 is 2.37 bits per heavy atom. The molecule has 1 aromatic rings. The number of nitrogens with zero attached hydrogens (tertiary/aromatic N) is 4. The van der Waals surface area contributed by atoms with Gasteiger partial charge in [0, 0.05) is 36.9 Å². The second kappa shape index (κ2) is 7.66. The first-order chi connectivity index (χ1) is 9.10. The molecule has 0 bridgehead atoms. The molecule has 0 N–H and O–H groups in total. The predicted molar refractivity (Wildman–Crippen MR) is 72.9 cm³/mol. The van der Waals surface area contributed by atoms with E-state index in [1.165, 1.54) is 12.3 Å². The number of anilines is 1. The second-order valence-electron chi connectivity index (χ2n) is 3.64. The quantitative estimate of drug-likeness (QED) is 0.562. The summed E-state index contributed by atoms with van der Waals surface area (Å²) in [4.78, 5) is 16.3. The van der Waals surface area contributed by atoms with Gasteiger partial charge in [0.15, 0.2) is 0 Å². The summed E-state index contributed by atoms with van der Waals surface area (Å²) >= 11 is 3.16. The summed E-state index contributed by atoms with van der Waals surface area (Å²) < 4.78 is 5.50. The molecule has 0 atom stereocenters. The largest absolute Gasteiger partial charge is 0.383 e. The zero-order valence-electron chi connectivity index (χ0n) is 10.4. The van der Waals surface area contributed by atoms with E-state index in [-0.39, 0.29) is 17.9 Å². The lowest BCUT2D eigenvalue weighted by molar-refractivity contribution is -0.384. The number of methoxy groups -OCH3 is 1. The van der Waals surface area contributed by atoms with Crippen LogP contribution >= 0.6 is 15.9 Å². The fraction of sp³-hybridized carbons (Fsp3) is 0.455. The minimum Gasteiger partial charge on any atom is -0.383 e. The number of nitriles is 1. The Balaban J connectivity index is 3.06. The van der Waals surface area contributed by atoms with Crippen molar-refractivity contribution in [2.75, 3.05) is 31.7 Å². The number of halogens is 1. The zero-order valence-corrected chi connectivity index (χ0v) is 12.0. The molecule has 0 aliphatic rings. The average molecular weight is 329 g/mol. The molecule has 0 radical (unpaired) electrons. The van der Waals surface area contributed by atoms with E-state index >= 15 is 0 Å². The van der Waals surface area contributed by atoms with Gasteiger partial charge in [-0.2, -0.15) is 5.26 Å². The first kappa shape index (κ1) is 15.3. The van der Waals surface area contributed by atoms with Gasteiger partial charge in [0.1, 0.15) is 0 Å². The molecule has 0 fully saturated rings. The van der Waals surface area contributed by atoms with Crippen LogP contribution in [0.5, 0.6) is 0 Å². The molecule has 0 unspecified atom stereocenters. The van der Waals surface area contributed by atoms with Crippen molar-refractivity contribution in [1.82, 2.24) is 4.98 Å². The van der Waals surface area contributed by atoms with E-state index in [0.717, 1.165) is 0 Å². The van der Waals surface area contributed by atoms with Gasteiger partial charge in [-0.1, -0.05) is 0 Å². The fourth-order valence-corrected chi connectivity index (χ4v) is 1.83. The van der Waals surface area contributed by atoms with Crippen LogP contribution in [0, 0.1) is 21.4 Å². The molecule has 0 amide bonds. The van der Waals surface area contributed by atoms with E-state index < -0.39 is 4.92 Å². The molecule has 0 aromatic carbocycles. The minimum atomic E-state index is -0.487. The van der Waals surface area contributed by atoms with Crippen molar-refractivity contribution in [1.29, 1.82) is 5.26 Å². The Morgan fingerprint density at radius 1 is 1.63 bits per heavy atom. The molecule has 0 aliphatic carbocycles. The number of hydrogen-bond acceptors (Lipinski definition) is 6. The highest BCUT2D eigenvalue weighted by molar-refractivity contribution is 9.10. The number of rotatable bonds is 7. The molecule has 0 spiro atoms. The van der Waals surface area contributed by atoms with E-state index in [4.69, 9.17) is 10.00 Å². The fourth-order valence-electron chi connectivity index (χ4n) is 1.51. The van der Waals surface area contributed by atoms with Crippen LogP contribution in [-0.4, -0.2) is 36.7 Å². The Hall–Kier alpha value is -1.72. The first-order valence-electron chi connectivity index (χ1n) is 5.51. The highest BCUT2D eigenvalue weighted by atomic mass is 79.9. The number of pyridine rings is 1. The SMILES string of the molecule is COCCN(CCC#N)c1ncc(Br)cc1[N+](=O)[O-]. The van der Waals surface area contributed by atoms with Crippen molar-refractivity contribution in [3.63, 3.8) is 0 Å². The zero-order chi connectivity index (χ0) is 14.3. The van der Waals surface area contributed by atoms with Gasteiger partial charge in [0.05, 0.1) is 24.0 Å². The van der Waals surface area contributed by atoms with Gasteiger partial charge in [-0.25, -0.2) is 4.98 Å². The normalized spacial score (nSPS) is 9.95. The molecule has 0 saturated heterocycles. The third-order valence-corrected chi connectivity index (χ3v) is 2.80. The summed E-state index contributed by atoms with van der Waals surface area (Å²) in [5, 5.41) is 19.7. The molecule has 1 rings (SSSR count). The number of aromatic nitrogens is 1. The summed E-state index contributed by atoms with van der Waals surface area (Å²) in [6, 6.07) is 3.41. The molecule has 19 heavy (non-hydrogen) atoms. The van der Waals surface area contributed by atoms with Crippen LogP contribution in [0.15, 0.2) is 16.7 Å². The third-order valence-electron chi connectivity index (χ3n) is 2.37. The monoisotopic (exact) mass is 328 g/mol. The Morgan fingerprint density at radius 3 is 2.95 bits per heavy atom. The lowest BCUT2D eigenvalue weighted by Crippen LogP contribution is -2.29. The molecule has 102 valence electrons. The summed E-state index contributed by atoms with van der Waals surface area (Å²) in [7, 11) is 1.55. The van der Waals surface area contributed by atoms with Gasteiger partial charge in [0.2, 0.25) is 5.82 Å². The van der Waals surface area contributed by atoms with Crippen LogP contribution in [-0.2, 0) is 4.74 Å². The van der Waals surface area contributed by atoms with E-state index in [1.54, 1.807) is 12.0 Å². The summed E-state index contributed by atoms with van der Waals surface area (Å²) in [5.74, 6) is 0.250. The average Bonchev–Trinajstić information content (AvgIpc) is 2.39. The lowest BCUT2D eigenvalue weighted by atomic mass is 10.3. The number of nitro groups is 1. The molecule has 8 heteroatoms. The first-order valence-corrected chi connectivity index (χ1v) is 6.30. The molecular formula is C11H13BrN4O3. The van der Waals surface area contributed by atoms with Crippen LogP contribution < -0.4 is 4.90 Å². The molecule has 1 heterocycles. The molecular weight excluding hydrogens is 316 g/mol. The maximum atomic E-state index is 11.0. The molecule has 0 aliphatic heterocycles. The van der Waals surface area contributed by atoms with Gasteiger partial charge in [0.25, 0.3) is 0 Å². The van der Waals surface area contributed by atoms with Crippen molar-refractivity contribution >= 4 is 27.4 Å². The summed E-state index contributed by atoms with van der Waals surface area (Å²) in [6.07, 6.45) is 1.76. The van der Waals surface area contributed by atoms with Gasteiger partial charge < -0.3 is 9.64 Å². The smallest absolute Gasteiger partial charge is 0.312 e. The van der Waals surface area contributed by atoms with Crippen molar-refractivity contribution < 1.29 is 9.66 Å². The molecule has 1 aromatic heterocycles. The lowest BCUT2D eigenvalue weighted by Gasteiger charge is -2.21. The minimum absolute atomic E-state index is 0.0941. The van der Waals surface area contributed by atoms with E-state index in [9.17, 15) is 10.1 Å². The summed E-state index contributed by atoms with van der Waals surface area (Å²) in [5.41, 5.74) is -0.0941. The van der Waals surface area contributed by atoms with Crippen LogP contribution in [0.1, 0.15) is 6.42 Å². The molecule has 7 nitrogen and oxygen atoms in total. The highest BCUT2D eigenvalue weighted by Crippen LogP contribution is 2.28. The Bertz CT molecular complexity index is 489. The predicted octanol–water partition coefficient (Wildman–Crippen LogP) is 2.12. The van der Waals surface area contributed by atoms with Gasteiger partial charge >= 0.3 is 5.69 Å². The van der Waals surface area contributed by atoms with Crippen LogP contribution in [0.25, 0.3) is 0 Å². The molecule has 0 saturated carbocycles. The van der Waals surface area contributed by atoms with Crippen molar-refractivity contribution in [2.24, 2.45) is 0 Å². The van der Waals surface area contributed by atoms with Crippen LogP contribution in [0.2, 0.25) is 0 Å². The van der Waals surface area contributed by atoms with Crippen molar-refractivity contribution in [2.45, 2.75) is 6.42 Å². The highest BCUT2D eigenvalue weighted by Gasteiger charge is 2.21. The van der Waals surface area contributed by atoms with Gasteiger partial charge in [-0.3, -0.25) is 10.1 Å². The van der Waals surface area contributed by atoms with Crippen LogP contribution in [0.3, 0.4) is 0 Å². The maximum Gasteiger partial charge on any atom is 0.312 e. The van der Waals surface area contributed by atoms with E-state index in [2.05, 4.69) is 20.9 Å². The van der Waals surface area contributed by atoms with Crippen molar-refractivity contribution in [3.8, 4) is 6.07 Å². The van der Waals surface area contributed by atoms with Crippen LogP contribution in [0.4, 0.5) is 11.5 Å². The topological polar surface area (TPSA) is 92.3 Å². The Kier molecular flexibility index (Phi) is 6.18. The van der Waals surface area contributed by atoms with Gasteiger partial charge in [-0.05, 0) is 15.9 Å².